The quantitative estimate of drug-likeness (QED) is 0.0512. The third kappa shape index (κ3) is 13.4. The van der Waals surface area contributed by atoms with Crippen LogP contribution < -0.4 is 28.7 Å². The fourth-order valence-electron chi connectivity index (χ4n) is 22.4. The molecule has 18 aromatic carbocycles. The van der Waals surface area contributed by atoms with Crippen molar-refractivity contribution in [2.45, 2.75) is 210 Å². The zero-order chi connectivity index (χ0) is 95.5. The number of imide groups is 2. The minimum Gasteiger partial charge on any atom is -0.508 e. The third-order valence-electron chi connectivity index (χ3n) is 29.6. The van der Waals surface area contributed by atoms with Gasteiger partial charge in [-0.25, -0.2) is 9.80 Å². The maximum Gasteiger partial charge on any atom is 0.266 e. The Hall–Kier alpha value is -14.4. The normalized spacial score (nSPS) is 13.8. The summed E-state index contributed by atoms with van der Waals surface area (Å²) in [5.74, 6) is 1.67. The number of nitrogens with zero attached hydrogens (tertiary/aromatic N) is 2. The Kier molecular flexibility index (Phi) is 19.6. The fraction of sp³-hybridized carbons (Fsp3) is 0.258. The topological polar surface area (TPSA) is 152 Å². The van der Waals surface area contributed by atoms with Gasteiger partial charge in [0.2, 0.25) is 0 Å². The van der Waals surface area contributed by atoms with E-state index in [4.69, 9.17) is 18.9 Å². The molecule has 0 radical (unpaired) electrons. The van der Waals surface area contributed by atoms with Gasteiger partial charge >= 0.3 is 0 Å². The molecule has 2 heterocycles. The van der Waals surface area contributed by atoms with Gasteiger partial charge in [-0.2, -0.15) is 0 Å². The van der Waals surface area contributed by atoms with Crippen molar-refractivity contribution < 1.29 is 48.3 Å². The van der Waals surface area contributed by atoms with Crippen LogP contribution in [0.4, 0.5) is 11.4 Å². The van der Waals surface area contributed by atoms with Crippen LogP contribution in [0, 0.1) is 13.8 Å². The highest BCUT2D eigenvalue weighted by Gasteiger charge is 2.45. The Morgan fingerprint density at radius 3 is 0.691 bits per heavy atom. The molecule has 0 fully saturated rings. The summed E-state index contributed by atoms with van der Waals surface area (Å²) in [6.07, 6.45) is 1.51. The van der Waals surface area contributed by atoms with Crippen LogP contribution in [0.1, 0.15) is 270 Å². The van der Waals surface area contributed by atoms with Crippen LogP contribution in [0.15, 0.2) is 218 Å². The molecule has 0 bridgehead atoms. The first-order chi connectivity index (χ1) is 64.6. The molecule has 0 atom stereocenters. The number of rotatable bonds is 17. The van der Waals surface area contributed by atoms with Crippen LogP contribution in [0.5, 0.6) is 57.5 Å². The Labute approximate surface area is 794 Å². The average Bonchev–Trinajstić information content (AvgIpc) is 1.20. The average molecular weight is 1790 g/mol. The first-order valence-electron chi connectivity index (χ1n) is 48.1. The van der Waals surface area contributed by atoms with Crippen molar-refractivity contribution in [3.63, 3.8) is 0 Å². The fourth-order valence-corrected chi connectivity index (χ4v) is 22.4. The summed E-state index contributed by atoms with van der Waals surface area (Å²) in [5.41, 5.74) is 22.8. The summed E-state index contributed by atoms with van der Waals surface area (Å²) in [4.78, 5) is 67.8. The van der Waals surface area contributed by atoms with E-state index in [2.05, 4.69) is 218 Å². The molecule has 22 rings (SSSR count). The lowest BCUT2D eigenvalue weighted by atomic mass is 9.82. The largest absolute Gasteiger partial charge is 0.508 e. The van der Waals surface area contributed by atoms with E-state index in [1.54, 1.807) is 24.3 Å². The van der Waals surface area contributed by atoms with Crippen molar-refractivity contribution in [1.82, 2.24) is 0 Å². The van der Waals surface area contributed by atoms with Crippen LogP contribution >= 0.6 is 0 Å². The van der Waals surface area contributed by atoms with E-state index in [1.165, 1.54) is 32.1 Å². The molecule has 2 N–H and O–H groups in total. The van der Waals surface area contributed by atoms with Gasteiger partial charge < -0.3 is 29.2 Å². The van der Waals surface area contributed by atoms with Crippen molar-refractivity contribution in [3.8, 4) is 102 Å². The Morgan fingerprint density at radius 2 is 0.471 bits per heavy atom. The molecule has 0 saturated carbocycles. The van der Waals surface area contributed by atoms with Crippen LogP contribution in [0.2, 0.25) is 0 Å². The number of hydrogen-bond acceptors (Lipinski definition) is 10. The molecule has 2 aliphatic carbocycles. The number of ether oxygens (including phenoxy) is 4. The Bertz CT molecular complexity index is 7470. The van der Waals surface area contributed by atoms with E-state index in [0.29, 0.717) is 123 Å². The lowest BCUT2D eigenvalue weighted by Gasteiger charge is -2.33. The first-order valence-corrected chi connectivity index (χ1v) is 48.1. The van der Waals surface area contributed by atoms with Crippen molar-refractivity contribution >= 4 is 121 Å². The second kappa shape index (κ2) is 30.6. The molecule has 4 aliphatic rings. The summed E-state index contributed by atoms with van der Waals surface area (Å²) in [7, 11) is 0. The highest BCUT2D eigenvalue weighted by molar-refractivity contribution is 6.48. The van der Waals surface area contributed by atoms with Crippen LogP contribution in [0.25, 0.3) is 131 Å². The predicted octanol–water partition coefficient (Wildman–Crippen LogP) is 33.3. The summed E-state index contributed by atoms with van der Waals surface area (Å²) in [6, 6.07) is 74.6. The minimum atomic E-state index is -0.486. The lowest BCUT2D eigenvalue weighted by molar-refractivity contribution is 0.0877. The molecule has 0 unspecified atom stereocenters. The maximum absolute atomic E-state index is 16.3. The number of carbonyl (C=O) groups excluding carboxylic acids is 4. The SMILES string of the molecule is Cc1cc2c(cc1CCc1cc3c(cc1C)-c1ccc4c5c(Oc6ccc(C(C)(C)C)cc6)cc6c7c(cc(Oc8ccc(C(C)(C)C)cc8)c(c8ccc-3c1c48)c75)C(=O)N(c1c(C(C)C)cc(O)cc1C(C)C)C6=O)-c1ccc3c4c(Oc5ccc(C(C)(C)C)cc5)cc5c6c(cc(Oc7ccc(C(C)(C)C)cc7)c(c7ccc-2c1c73)c64)C(=O)N(c1c(C(C)C)cc(O)cc1C(C)C)C5=O. The maximum atomic E-state index is 16.3. The lowest BCUT2D eigenvalue weighted by Crippen LogP contribution is -2.42. The van der Waals surface area contributed by atoms with E-state index in [9.17, 15) is 10.2 Å². The molecule has 678 valence electrons. The van der Waals surface area contributed by atoms with Gasteiger partial charge in [0, 0.05) is 43.1 Å². The smallest absolute Gasteiger partial charge is 0.266 e. The van der Waals surface area contributed by atoms with Gasteiger partial charge in [-0.1, -0.05) is 260 Å². The number of benzene rings is 18. The minimum absolute atomic E-state index is 0.0664. The third-order valence-corrected chi connectivity index (χ3v) is 29.6. The number of carbonyl (C=O) groups is 4. The van der Waals surface area contributed by atoms with Gasteiger partial charge in [-0.3, -0.25) is 19.2 Å². The standard InChI is InChI=1S/C124H112N2O10/c1-61(2)87-53-73(127)54-88(62(3)4)115(87)125-117(129)95-57-99(133-75-33-25-69(26-34-75)121(11,12)13)109-83-45-41-79-91-49-65(9)67(51-93(91)81-43-47-85(105(83)103(79)81)111-101(59-97(119(125)131)107(95)113(109)111)135-77-37-29-71(30-38-77)123(17,18)19)23-24-68-52-94-82-44-48-86-106-84(46-42-80(104(82)106)92(94)50-66(68)10)110-100(134-76-35-27-70(28-36-76)122(14,15)16)58-96-108-98(60-102(112(86)114(108)110)136-78-39-31-72(32-40-78)124(20,21)22)120(132)126(118(96)130)116-89(63(5)6)55-74(128)56-90(116)64(7)8/h25-64,127-128H,23-24H2,1-22H3. The van der Waals surface area contributed by atoms with Crippen LogP contribution in [0.3, 0.4) is 0 Å². The number of aryl methyl sites for hydroxylation is 4. The molecule has 136 heavy (non-hydrogen) atoms. The number of anilines is 2. The van der Waals surface area contributed by atoms with Gasteiger partial charge in [0.1, 0.15) is 57.5 Å². The number of fused-ring (bicyclic) bond motifs is 10. The molecular weight excluding hydrogens is 1680 g/mol. The highest BCUT2D eigenvalue weighted by Crippen LogP contribution is 2.62. The van der Waals surface area contributed by atoms with E-state index in [1.807, 2.05) is 128 Å². The molecule has 0 aromatic heterocycles. The van der Waals surface area contributed by atoms with Gasteiger partial charge in [-0.15, -0.1) is 0 Å². The van der Waals surface area contributed by atoms with E-state index < -0.39 is 23.6 Å². The highest BCUT2D eigenvalue weighted by atomic mass is 16.5. The van der Waals surface area contributed by atoms with Crippen molar-refractivity contribution in [3.05, 3.63) is 307 Å². The van der Waals surface area contributed by atoms with Crippen LogP contribution in [-0.2, 0) is 34.5 Å². The number of aromatic hydroxyl groups is 2. The first kappa shape index (κ1) is 87.0. The van der Waals surface area contributed by atoms with Gasteiger partial charge in [0.25, 0.3) is 23.6 Å². The van der Waals surface area contributed by atoms with Crippen LogP contribution in [-0.4, -0.2) is 33.8 Å². The van der Waals surface area contributed by atoms with E-state index >= 15 is 19.2 Å². The molecule has 12 nitrogen and oxygen atoms in total. The number of amides is 4. The molecule has 0 spiro atoms. The Balaban J connectivity index is 0.691. The molecule has 0 saturated heterocycles. The van der Waals surface area contributed by atoms with E-state index in [-0.39, 0.29) is 56.8 Å². The van der Waals surface area contributed by atoms with Gasteiger partial charge in [0.05, 0.1) is 33.6 Å². The molecule has 4 amide bonds. The van der Waals surface area contributed by atoms with Crippen molar-refractivity contribution in [2.75, 3.05) is 9.80 Å². The van der Waals surface area contributed by atoms with Crippen molar-refractivity contribution in [2.24, 2.45) is 0 Å². The van der Waals surface area contributed by atoms with Gasteiger partial charge in [-0.05, 0) is 323 Å². The zero-order valence-corrected chi connectivity index (χ0v) is 81.6. The summed E-state index contributed by atoms with van der Waals surface area (Å²) >= 11 is 0. The second-order valence-corrected chi connectivity index (χ2v) is 43.9. The molecule has 18 aromatic rings. The second-order valence-electron chi connectivity index (χ2n) is 43.9. The number of hydrogen-bond donors (Lipinski definition) is 2. The summed E-state index contributed by atoms with van der Waals surface area (Å²) < 4.78 is 29.4. The van der Waals surface area contributed by atoms with Crippen molar-refractivity contribution in [1.29, 1.82) is 0 Å². The summed E-state index contributed by atoms with van der Waals surface area (Å²) in [5, 5.41) is 36.0. The molecule has 12 heteroatoms. The Morgan fingerprint density at radius 1 is 0.250 bits per heavy atom. The summed E-state index contributed by atoms with van der Waals surface area (Å²) in [6.45, 7) is 46.9. The molecule has 2 aliphatic heterocycles. The zero-order valence-electron chi connectivity index (χ0n) is 81.6. The number of phenols is 2. The predicted molar refractivity (Wildman–Crippen MR) is 557 cm³/mol. The van der Waals surface area contributed by atoms with Gasteiger partial charge in [0.15, 0.2) is 0 Å². The number of phenolic OH excluding ortho intramolecular Hbond substituents is 2. The molecular formula is C124H112N2O10. The monoisotopic (exact) mass is 1790 g/mol. The van der Waals surface area contributed by atoms with E-state index in [0.717, 1.165) is 144 Å².